The standard InChI is InChI=1S/C13H17NO7/c1-8(2)13(18)20-7-19-10(15)3-4-11(16)21-9-5-6-14-12(9)17/h3-4,8-9H,5-7H2,1-2H3,(H,14,17)/b4-3+. The van der Waals surface area contributed by atoms with Crippen LogP contribution in [0.3, 0.4) is 0 Å². The number of hydrogen-bond acceptors (Lipinski definition) is 7. The van der Waals surface area contributed by atoms with Crippen LogP contribution in [0.4, 0.5) is 0 Å². The zero-order valence-electron chi connectivity index (χ0n) is 11.8. The summed E-state index contributed by atoms with van der Waals surface area (Å²) < 4.78 is 14.0. The zero-order valence-corrected chi connectivity index (χ0v) is 11.8. The maximum Gasteiger partial charge on any atom is 0.333 e. The lowest BCUT2D eigenvalue weighted by atomic mass is 10.2. The van der Waals surface area contributed by atoms with E-state index < -0.39 is 30.8 Å². The maximum atomic E-state index is 11.3. The molecule has 1 rings (SSSR count). The van der Waals surface area contributed by atoms with Crippen LogP contribution < -0.4 is 5.32 Å². The third-order valence-corrected chi connectivity index (χ3v) is 2.49. The van der Waals surface area contributed by atoms with E-state index in [1.807, 2.05) is 0 Å². The van der Waals surface area contributed by atoms with Crippen molar-refractivity contribution in [2.24, 2.45) is 5.92 Å². The summed E-state index contributed by atoms with van der Waals surface area (Å²) in [6.45, 7) is 3.20. The molecule has 1 aliphatic rings. The number of rotatable bonds is 6. The molecule has 8 heteroatoms. The molecule has 1 heterocycles. The number of nitrogens with one attached hydrogen (secondary N) is 1. The topological polar surface area (TPSA) is 108 Å². The molecule has 1 atom stereocenters. The Labute approximate surface area is 121 Å². The van der Waals surface area contributed by atoms with Crippen molar-refractivity contribution in [3.8, 4) is 0 Å². The summed E-state index contributed by atoms with van der Waals surface area (Å²) in [7, 11) is 0. The van der Waals surface area contributed by atoms with E-state index in [-0.39, 0.29) is 11.8 Å². The van der Waals surface area contributed by atoms with Crippen molar-refractivity contribution >= 4 is 23.8 Å². The van der Waals surface area contributed by atoms with E-state index in [1.54, 1.807) is 13.8 Å². The fourth-order valence-electron chi connectivity index (χ4n) is 1.36. The van der Waals surface area contributed by atoms with Crippen LogP contribution in [0.5, 0.6) is 0 Å². The molecule has 1 N–H and O–H groups in total. The molecule has 0 saturated carbocycles. The van der Waals surface area contributed by atoms with Gasteiger partial charge in [0.05, 0.1) is 5.92 Å². The summed E-state index contributed by atoms with van der Waals surface area (Å²) in [6, 6.07) is 0. The molecular formula is C13H17NO7. The summed E-state index contributed by atoms with van der Waals surface area (Å²) >= 11 is 0. The Hall–Kier alpha value is -2.38. The average Bonchev–Trinajstić information content (AvgIpc) is 2.81. The lowest BCUT2D eigenvalue weighted by Crippen LogP contribution is -2.27. The highest BCUT2D eigenvalue weighted by Gasteiger charge is 2.26. The Morgan fingerprint density at radius 3 is 2.48 bits per heavy atom. The molecule has 1 aliphatic heterocycles. The van der Waals surface area contributed by atoms with Crippen molar-refractivity contribution in [1.82, 2.24) is 5.32 Å². The van der Waals surface area contributed by atoms with E-state index in [9.17, 15) is 19.2 Å². The minimum absolute atomic E-state index is 0.327. The van der Waals surface area contributed by atoms with Gasteiger partial charge in [-0.25, -0.2) is 9.59 Å². The average molecular weight is 299 g/mol. The number of hydrogen-bond donors (Lipinski definition) is 1. The van der Waals surface area contributed by atoms with Gasteiger partial charge in [-0.2, -0.15) is 0 Å². The maximum absolute atomic E-state index is 11.3. The second kappa shape index (κ2) is 8.03. The summed E-state index contributed by atoms with van der Waals surface area (Å²) in [5, 5.41) is 2.51. The van der Waals surface area contributed by atoms with Crippen molar-refractivity contribution in [3.63, 3.8) is 0 Å². The van der Waals surface area contributed by atoms with E-state index >= 15 is 0 Å². The van der Waals surface area contributed by atoms with Crippen molar-refractivity contribution in [1.29, 1.82) is 0 Å². The van der Waals surface area contributed by atoms with E-state index in [4.69, 9.17) is 4.74 Å². The van der Waals surface area contributed by atoms with E-state index in [1.165, 1.54) is 0 Å². The first-order valence-corrected chi connectivity index (χ1v) is 6.40. The molecular weight excluding hydrogens is 282 g/mol. The van der Waals surface area contributed by atoms with Crippen LogP contribution in [0, 0.1) is 5.92 Å². The fourth-order valence-corrected chi connectivity index (χ4v) is 1.36. The Balaban J connectivity index is 2.25. The molecule has 0 radical (unpaired) electrons. The highest BCUT2D eigenvalue weighted by atomic mass is 16.7. The van der Waals surface area contributed by atoms with Crippen molar-refractivity contribution in [3.05, 3.63) is 12.2 Å². The van der Waals surface area contributed by atoms with Gasteiger partial charge in [0, 0.05) is 25.1 Å². The van der Waals surface area contributed by atoms with Crippen molar-refractivity contribution in [2.45, 2.75) is 26.4 Å². The van der Waals surface area contributed by atoms with Crippen LogP contribution in [0.2, 0.25) is 0 Å². The monoisotopic (exact) mass is 299 g/mol. The van der Waals surface area contributed by atoms with Gasteiger partial charge in [0.2, 0.25) is 6.79 Å². The first-order valence-electron chi connectivity index (χ1n) is 6.40. The Kier molecular flexibility index (Phi) is 6.38. The first kappa shape index (κ1) is 16.7. The number of amides is 1. The predicted molar refractivity (Wildman–Crippen MR) is 68.5 cm³/mol. The second-order valence-electron chi connectivity index (χ2n) is 4.54. The quantitative estimate of drug-likeness (QED) is 0.406. The van der Waals surface area contributed by atoms with Gasteiger partial charge in [-0.1, -0.05) is 13.8 Å². The Morgan fingerprint density at radius 1 is 1.24 bits per heavy atom. The molecule has 21 heavy (non-hydrogen) atoms. The number of esters is 3. The van der Waals surface area contributed by atoms with E-state index in [0.717, 1.165) is 12.2 Å². The second-order valence-corrected chi connectivity index (χ2v) is 4.54. The molecule has 1 fully saturated rings. The Bertz CT molecular complexity index is 455. The zero-order chi connectivity index (χ0) is 15.8. The minimum Gasteiger partial charge on any atom is -0.449 e. The molecule has 0 spiro atoms. The minimum atomic E-state index is -0.862. The highest BCUT2D eigenvalue weighted by molar-refractivity contribution is 5.93. The van der Waals surface area contributed by atoms with Crippen LogP contribution in [0.25, 0.3) is 0 Å². The summed E-state index contributed by atoms with van der Waals surface area (Å²) in [6.07, 6.45) is 1.25. The molecule has 1 amide bonds. The van der Waals surface area contributed by atoms with E-state index in [2.05, 4.69) is 14.8 Å². The van der Waals surface area contributed by atoms with Crippen LogP contribution in [0.1, 0.15) is 20.3 Å². The highest BCUT2D eigenvalue weighted by Crippen LogP contribution is 2.05. The smallest absolute Gasteiger partial charge is 0.333 e. The van der Waals surface area contributed by atoms with Gasteiger partial charge in [0.25, 0.3) is 5.91 Å². The molecule has 0 aromatic heterocycles. The predicted octanol–water partition coefficient (Wildman–Crippen LogP) is -0.326. The third-order valence-electron chi connectivity index (χ3n) is 2.49. The van der Waals surface area contributed by atoms with Gasteiger partial charge >= 0.3 is 17.9 Å². The first-order chi connectivity index (χ1) is 9.90. The largest absolute Gasteiger partial charge is 0.449 e. The molecule has 8 nitrogen and oxygen atoms in total. The van der Waals surface area contributed by atoms with Gasteiger partial charge < -0.3 is 19.5 Å². The number of carbonyl (C=O) groups is 4. The van der Waals surface area contributed by atoms with Gasteiger partial charge in [0.15, 0.2) is 6.10 Å². The molecule has 1 unspecified atom stereocenters. The van der Waals surface area contributed by atoms with Crippen LogP contribution in [-0.4, -0.2) is 43.3 Å². The van der Waals surface area contributed by atoms with Crippen LogP contribution in [0.15, 0.2) is 12.2 Å². The number of carbonyl (C=O) groups excluding carboxylic acids is 4. The lowest BCUT2D eigenvalue weighted by Gasteiger charge is -2.07. The normalized spacial score (nSPS) is 17.7. The molecule has 0 aromatic carbocycles. The van der Waals surface area contributed by atoms with Gasteiger partial charge in [0.1, 0.15) is 0 Å². The summed E-state index contributed by atoms with van der Waals surface area (Å²) in [4.78, 5) is 44.8. The molecule has 0 aromatic rings. The van der Waals surface area contributed by atoms with Gasteiger partial charge in [-0.15, -0.1) is 0 Å². The van der Waals surface area contributed by atoms with Crippen LogP contribution in [-0.2, 0) is 33.4 Å². The Morgan fingerprint density at radius 2 is 1.90 bits per heavy atom. The van der Waals surface area contributed by atoms with E-state index in [0.29, 0.717) is 13.0 Å². The summed E-state index contributed by atoms with van der Waals surface area (Å²) in [5.74, 6) is -2.88. The molecule has 0 aliphatic carbocycles. The van der Waals surface area contributed by atoms with Gasteiger partial charge in [-0.3, -0.25) is 9.59 Å². The SMILES string of the molecule is CC(C)C(=O)OCOC(=O)/C=C/C(=O)OC1CCNC1=O. The van der Waals surface area contributed by atoms with Crippen LogP contribution >= 0.6 is 0 Å². The van der Waals surface area contributed by atoms with Gasteiger partial charge in [-0.05, 0) is 0 Å². The fraction of sp³-hybridized carbons (Fsp3) is 0.538. The summed E-state index contributed by atoms with van der Waals surface area (Å²) in [5.41, 5.74) is 0. The molecule has 116 valence electrons. The third kappa shape index (κ3) is 6.07. The molecule has 0 bridgehead atoms. The number of ether oxygens (including phenoxy) is 3. The van der Waals surface area contributed by atoms with Crippen molar-refractivity contribution in [2.75, 3.05) is 13.3 Å². The van der Waals surface area contributed by atoms with Crippen molar-refractivity contribution < 1.29 is 33.4 Å². The lowest BCUT2D eigenvalue weighted by molar-refractivity contribution is -0.166. The molecule has 1 saturated heterocycles.